The minimum absolute atomic E-state index is 0.954. The molecule has 1 aromatic heterocycles. The number of fused-ring (bicyclic) bond motifs is 1. The summed E-state index contributed by atoms with van der Waals surface area (Å²) in [5.41, 5.74) is 3.60. The van der Waals surface area contributed by atoms with Crippen LogP contribution >= 0.6 is 0 Å². The van der Waals surface area contributed by atoms with Crippen molar-refractivity contribution in [2.24, 2.45) is 0 Å². The third kappa shape index (κ3) is 1.18. The maximum Gasteiger partial charge on any atom is 0.122 e. The van der Waals surface area contributed by atoms with E-state index in [1.807, 2.05) is 6.20 Å². The van der Waals surface area contributed by atoms with E-state index in [0.29, 0.717) is 0 Å². The van der Waals surface area contributed by atoms with Crippen molar-refractivity contribution >= 4 is 10.9 Å². The molecule has 2 aromatic rings. The van der Waals surface area contributed by atoms with Gasteiger partial charge in [0.25, 0.3) is 0 Å². The first kappa shape index (κ1) is 8.17. The van der Waals surface area contributed by atoms with Gasteiger partial charge in [0.05, 0.1) is 7.11 Å². The van der Waals surface area contributed by atoms with Crippen molar-refractivity contribution in [1.82, 2.24) is 4.98 Å². The molecule has 0 bridgehead atoms. The quantitative estimate of drug-likeness (QED) is 0.708. The predicted molar refractivity (Wildman–Crippen MR) is 54.3 cm³/mol. The summed E-state index contributed by atoms with van der Waals surface area (Å²) in [5, 5.41) is 1.24. The standard InChI is InChI=1S/C11H13NO/c1-7-4-10-9(5-11(7)13-3)8(2)6-12-10/h4-6,12H,1-3H3. The lowest BCUT2D eigenvalue weighted by atomic mass is 10.1. The molecule has 1 N–H and O–H groups in total. The summed E-state index contributed by atoms with van der Waals surface area (Å²) in [7, 11) is 1.70. The van der Waals surface area contributed by atoms with Crippen molar-refractivity contribution in [3.05, 3.63) is 29.5 Å². The number of rotatable bonds is 1. The molecule has 0 saturated carbocycles. The van der Waals surface area contributed by atoms with Crippen molar-refractivity contribution in [2.45, 2.75) is 13.8 Å². The zero-order chi connectivity index (χ0) is 9.42. The van der Waals surface area contributed by atoms with Gasteiger partial charge in [-0.3, -0.25) is 0 Å². The van der Waals surface area contributed by atoms with Gasteiger partial charge in [0.1, 0.15) is 5.75 Å². The topological polar surface area (TPSA) is 25.0 Å². The van der Waals surface area contributed by atoms with E-state index in [-0.39, 0.29) is 0 Å². The van der Waals surface area contributed by atoms with Crippen LogP contribution in [0.5, 0.6) is 5.75 Å². The molecule has 0 radical (unpaired) electrons. The van der Waals surface area contributed by atoms with Gasteiger partial charge >= 0.3 is 0 Å². The Hall–Kier alpha value is -1.44. The van der Waals surface area contributed by atoms with Gasteiger partial charge in [0.15, 0.2) is 0 Å². The number of aromatic nitrogens is 1. The lowest BCUT2D eigenvalue weighted by molar-refractivity contribution is 0.412. The van der Waals surface area contributed by atoms with Gasteiger partial charge in [0.2, 0.25) is 0 Å². The van der Waals surface area contributed by atoms with E-state index in [2.05, 4.69) is 31.0 Å². The van der Waals surface area contributed by atoms with Gasteiger partial charge in [-0.1, -0.05) is 0 Å². The van der Waals surface area contributed by atoms with E-state index < -0.39 is 0 Å². The second-order valence-corrected chi connectivity index (χ2v) is 3.34. The number of ether oxygens (including phenoxy) is 1. The van der Waals surface area contributed by atoms with Crippen LogP contribution in [0, 0.1) is 13.8 Å². The summed E-state index contributed by atoms with van der Waals surface area (Å²) in [6.45, 7) is 4.14. The van der Waals surface area contributed by atoms with Crippen molar-refractivity contribution < 1.29 is 4.74 Å². The highest BCUT2D eigenvalue weighted by molar-refractivity contribution is 5.85. The maximum atomic E-state index is 5.26. The van der Waals surface area contributed by atoms with Crippen LogP contribution in [-0.4, -0.2) is 12.1 Å². The zero-order valence-corrected chi connectivity index (χ0v) is 8.14. The predicted octanol–water partition coefficient (Wildman–Crippen LogP) is 2.79. The fraction of sp³-hybridized carbons (Fsp3) is 0.273. The highest BCUT2D eigenvalue weighted by Crippen LogP contribution is 2.26. The van der Waals surface area contributed by atoms with Crippen LogP contribution in [0.1, 0.15) is 11.1 Å². The van der Waals surface area contributed by atoms with Crippen LogP contribution in [0.15, 0.2) is 18.3 Å². The van der Waals surface area contributed by atoms with E-state index >= 15 is 0 Å². The second kappa shape index (κ2) is 2.80. The summed E-state index contributed by atoms with van der Waals surface area (Å²) < 4.78 is 5.26. The van der Waals surface area contributed by atoms with Gasteiger partial charge in [-0.05, 0) is 37.1 Å². The lowest BCUT2D eigenvalue weighted by Gasteiger charge is -2.04. The lowest BCUT2D eigenvalue weighted by Crippen LogP contribution is -1.86. The summed E-state index contributed by atoms with van der Waals surface area (Å²) >= 11 is 0. The van der Waals surface area contributed by atoms with Gasteiger partial charge in [-0.25, -0.2) is 0 Å². The molecule has 0 aliphatic rings. The van der Waals surface area contributed by atoms with Gasteiger partial charge in [-0.2, -0.15) is 0 Å². The SMILES string of the molecule is COc1cc2c(C)c[nH]c2cc1C. The Bertz CT molecular complexity index is 443. The molecule has 68 valence electrons. The second-order valence-electron chi connectivity index (χ2n) is 3.34. The molecule has 0 spiro atoms. The van der Waals surface area contributed by atoms with Crippen molar-refractivity contribution in [1.29, 1.82) is 0 Å². The first-order valence-corrected chi connectivity index (χ1v) is 4.34. The van der Waals surface area contributed by atoms with E-state index in [4.69, 9.17) is 4.74 Å². The van der Waals surface area contributed by atoms with Gasteiger partial charge in [-0.15, -0.1) is 0 Å². The minimum atomic E-state index is 0.954. The van der Waals surface area contributed by atoms with Crippen LogP contribution < -0.4 is 4.74 Å². The van der Waals surface area contributed by atoms with Crippen LogP contribution in [0.25, 0.3) is 10.9 Å². The van der Waals surface area contributed by atoms with E-state index in [0.717, 1.165) is 11.3 Å². The molecule has 0 atom stereocenters. The molecule has 0 unspecified atom stereocenters. The number of nitrogens with one attached hydrogen (secondary N) is 1. The average Bonchev–Trinajstić information content (AvgIpc) is 2.46. The zero-order valence-electron chi connectivity index (χ0n) is 8.14. The Balaban J connectivity index is 2.77. The molecule has 1 aromatic carbocycles. The Labute approximate surface area is 77.5 Å². The van der Waals surface area contributed by atoms with Crippen molar-refractivity contribution in [3.63, 3.8) is 0 Å². The normalized spacial score (nSPS) is 10.7. The summed E-state index contributed by atoms with van der Waals surface area (Å²) in [5.74, 6) is 0.954. The molecular weight excluding hydrogens is 162 g/mol. The van der Waals surface area contributed by atoms with Crippen LogP contribution in [0.2, 0.25) is 0 Å². The van der Waals surface area contributed by atoms with Crippen LogP contribution in [0.4, 0.5) is 0 Å². The number of methoxy groups -OCH3 is 1. The van der Waals surface area contributed by atoms with Gasteiger partial charge < -0.3 is 9.72 Å². The van der Waals surface area contributed by atoms with Crippen molar-refractivity contribution in [3.8, 4) is 5.75 Å². The van der Waals surface area contributed by atoms with Crippen LogP contribution in [-0.2, 0) is 0 Å². The number of benzene rings is 1. The molecule has 13 heavy (non-hydrogen) atoms. The highest BCUT2D eigenvalue weighted by Gasteiger charge is 2.04. The number of aryl methyl sites for hydroxylation is 2. The molecule has 2 rings (SSSR count). The molecular formula is C11H13NO. The number of hydrogen-bond donors (Lipinski definition) is 1. The average molecular weight is 175 g/mol. The van der Waals surface area contributed by atoms with Crippen LogP contribution in [0.3, 0.4) is 0 Å². The molecule has 0 aliphatic carbocycles. The maximum absolute atomic E-state index is 5.26. The number of aromatic amines is 1. The van der Waals surface area contributed by atoms with Crippen molar-refractivity contribution in [2.75, 3.05) is 7.11 Å². The molecule has 2 nitrogen and oxygen atoms in total. The number of hydrogen-bond acceptors (Lipinski definition) is 1. The number of H-pyrrole nitrogens is 1. The minimum Gasteiger partial charge on any atom is -0.496 e. The summed E-state index contributed by atoms with van der Waals surface area (Å²) in [4.78, 5) is 3.22. The Morgan fingerprint density at radius 3 is 2.62 bits per heavy atom. The third-order valence-electron chi connectivity index (χ3n) is 2.40. The molecule has 0 fully saturated rings. The molecule has 0 amide bonds. The first-order valence-electron chi connectivity index (χ1n) is 4.34. The fourth-order valence-electron chi connectivity index (χ4n) is 1.62. The molecule has 2 heteroatoms. The summed E-state index contributed by atoms with van der Waals surface area (Å²) in [6, 6.07) is 4.19. The monoisotopic (exact) mass is 175 g/mol. The molecule has 0 aliphatic heterocycles. The van der Waals surface area contributed by atoms with E-state index in [9.17, 15) is 0 Å². The fourth-order valence-corrected chi connectivity index (χ4v) is 1.62. The Morgan fingerprint density at radius 2 is 1.92 bits per heavy atom. The molecule has 0 saturated heterocycles. The third-order valence-corrected chi connectivity index (χ3v) is 2.40. The van der Waals surface area contributed by atoms with E-state index in [1.165, 1.54) is 16.5 Å². The Kier molecular flexibility index (Phi) is 1.76. The Morgan fingerprint density at radius 1 is 1.15 bits per heavy atom. The smallest absolute Gasteiger partial charge is 0.122 e. The highest BCUT2D eigenvalue weighted by atomic mass is 16.5. The first-order chi connectivity index (χ1) is 6.22. The van der Waals surface area contributed by atoms with Gasteiger partial charge in [0, 0.05) is 17.1 Å². The molecule has 1 heterocycles. The summed E-state index contributed by atoms with van der Waals surface area (Å²) in [6.07, 6.45) is 2.02. The van der Waals surface area contributed by atoms with E-state index in [1.54, 1.807) is 7.11 Å². The largest absolute Gasteiger partial charge is 0.496 e.